The van der Waals surface area contributed by atoms with E-state index in [1.807, 2.05) is 43.1 Å². The van der Waals surface area contributed by atoms with E-state index in [-0.39, 0.29) is 5.91 Å². The molecular weight excluding hydrogens is 240 g/mol. The van der Waals surface area contributed by atoms with Crippen LogP contribution < -0.4 is 4.80 Å². The smallest absolute Gasteiger partial charge is 0.280 e. The summed E-state index contributed by atoms with van der Waals surface area (Å²) in [4.78, 5) is 19.0. The first kappa shape index (κ1) is 11.3. The van der Waals surface area contributed by atoms with Crippen LogP contribution in [0.3, 0.4) is 0 Å². The van der Waals surface area contributed by atoms with Crippen molar-refractivity contribution in [3.8, 4) is 0 Å². The number of rotatable bonds is 1. The van der Waals surface area contributed by atoms with Gasteiger partial charge in [0.1, 0.15) is 0 Å². The second-order valence-corrected chi connectivity index (χ2v) is 5.87. The van der Waals surface area contributed by atoms with E-state index >= 15 is 0 Å². The fourth-order valence-corrected chi connectivity index (χ4v) is 3.07. The van der Waals surface area contributed by atoms with Gasteiger partial charge in [-0.25, -0.2) is 0 Å². The minimum absolute atomic E-state index is 0.153. The van der Waals surface area contributed by atoms with Crippen LogP contribution in [-0.4, -0.2) is 10.5 Å². The van der Waals surface area contributed by atoms with Gasteiger partial charge in [0.2, 0.25) is 0 Å². The fraction of sp³-hybridized carbons (Fsp3) is 0.273. The summed E-state index contributed by atoms with van der Waals surface area (Å²) in [6, 6.07) is 1.90. The molecule has 0 N–H and O–H groups in total. The lowest BCUT2D eigenvalue weighted by Gasteiger charge is -1.92. The monoisotopic (exact) mass is 252 g/mol. The summed E-state index contributed by atoms with van der Waals surface area (Å²) >= 11 is 3.09. The van der Waals surface area contributed by atoms with Crippen LogP contribution in [0.1, 0.15) is 20.1 Å². The molecule has 3 nitrogen and oxygen atoms in total. The third-order valence-electron chi connectivity index (χ3n) is 2.23. The minimum atomic E-state index is -0.153. The molecule has 0 radical (unpaired) electrons. The van der Waals surface area contributed by atoms with Gasteiger partial charge in [0.05, 0.1) is 5.56 Å². The maximum atomic E-state index is 11.9. The molecule has 0 fully saturated rings. The number of carbonyl (C=O) groups excluding carboxylic acids is 1. The van der Waals surface area contributed by atoms with Gasteiger partial charge in [-0.05, 0) is 19.9 Å². The van der Waals surface area contributed by atoms with Crippen LogP contribution in [0.4, 0.5) is 0 Å². The van der Waals surface area contributed by atoms with Crippen molar-refractivity contribution in [1.29, 1.82) is 0 Å². The maximum absolute atomic E-state index is 11.9. The number of thiazole rings is 1. The van der Waals surface area contributed by atoms with E-state index < -0.39 is 0 Å². The highest BCUT2D eigenvalue weighted by Crippen LogP contribution is 2.21. The number of hydrogen-bond acceptors (Lipinski definition) is 3. The molecule has 2 aromatic heterocycles. The zero-order chi connectivity index (χ0) is 11.7. The van der Waals surface area contributed by atoms with E-state index in [1.165, 1.54) is 11.3 Å². The summed E-state index contributed by atoms with van der Waals surface area (Å²) in [7, 11) is 1.88. The average molecular weight is 252 g/mol. The predicted octanol–water partition coefficient (Wildman–Crippen LogP) is 2.51. The Kier molecular flexibility index (Phi) is 3.07. The van der Waals surface area contributed by atoms with E-state index in [0.29, 0.717) is 0 Å². The van der Waals surface area contributed by atoms with E-state index in [1.54, 1.807) is 11.3 Å². The van der Waals surface area contributed by atoms with E-state index in [9.17, 15) is 4.79 Å². The maximum Gasteiger partial charge on any atom is 0.280 e. The first-order chi connectivity index (χ1) is 7.58. The molecule has 2 rings (SSSR count). The topological polar surface area (TPSA) is 34.4 Å². The third-order valence-corrected chi connectivity index (χ3v) is 4.04. The summed E-state index contributed by atoms with van der Waals surface area (Å²) in [6.45, 7) is 3.95. The molecule has 0 aromatic carbocycles. The molecule has 16 heavy (non-hydrogen) atoms. The Labute approximate surface area is 102 Å². The van der Waals surface area contributed by atoms with Crippen molar-refractivity contribution < 1.29 is 4.79 Å². The third kappa shape index (κ3) is 2.15. The van der Waals surface area contributed by atoms with Crippen molar-refractivity contribution >= 4 is 28.6 Å². The number of aryl methyl sites for hydroxylation is 3. The van der Waals surface area contributed by atoms with E-state index in [0.717, 1.165) is 20.1 Å². The molecule has 2 heterocycles. The Hall–Kier alpha value is -1.20. The lowest BCUT2D eigenvalue weighted by atomic mass is 10.2. The van der Waals surface area contributed by atoms with Crippen LogP contribution in [0.25, 0.3) is 0 Å². The summed E-state index contributed by atoms with van der Waals surface area (Å²) in [5.41, 5.74) is 0.718. The Bertz CT molecular complexity index is 589. The minimum Gasteiger partial charge on any atom is -0.327 e. The molecule has 0 saturated carbocycles. The highest BCUT2D eigenvalue weighted by molar-refractivity contribution is 7.12. The largest absolute Gasteiger partial charge is 0.327 e. The van der Waals surface area contributed by atoms with Gasteiger partial charge in [-0.1, -0.05) is 0 Å². The molecule has 0 spiro atoms. The molecule has 84 valence electrons. The quantitative estimate of drug-likeness (QED) is 0.768. The van der Waals surface area contributed by atoms with Crippen molar-refractivity contribution in [1.82, 2.24) is 4.57 Å². The molecule has 0 unspecified atom stereocenters. The van der Waals surface area contributed by atoms with Crippen LogP contribution in [0.5, 0.6) is 0 Å². The molecule has 0 aliphatic carbocycles. The van der Waals surface area contributed by atoms with Crippen LogP contribution in [0, 0.1) is 13.8 Å². The van der Waals surface area contributed by atoms with Crippen LogP contribution in [0.15, 0.2) is 22.6 Å². The SMILES string of the molecule is Cc1cc(C(=O)N=c2sccn2C)c(C)s1. The van der Waals surface area contributed by atoms with Gasteiger partial charge < -0.3 is 4.57 Å². The molecule has 0 aliphatic rings. The summed E-state index contributed by atoms with van der Waals surface area (Å²) in [5.74, 6) is -0.153. The summed E-state index contributed by atoms with van der Waals surface area (Å²) in [5, 5.41) is 1.91. The fourth-order valence-electron chi connectivity index (χ4n) is 1.42. The average Bonchev–Trinajstić information content (AvgIpc) is 2.74. The number of amides is 1. The normalized spacial score (nSPS) is 12.1. The van der Waals surface area contributed by atoms with Gasteiger partial charge in [0.25, 0.3) is 5.91 Å². The van der Waals surface area contributed by atoms with Gasteiger partial charge in [0, 0.05) is 28.4 Å². The molecule has 0 bridgehead atoms. The van der Waals surface area contributed by atoms with Gasteiger partial charge >= 0.3 is 0 Å². The molecule has 2 aromatic rings. The van der Waals surface area contributed by atoms with Gasteiger partial charge in [-0.3, -0.25) is 4.79 Å². The van der Waals surface area contributed by atoms with Gasteiger partial charge in [-0.2, -0.15) is 4.99 Å². The Balaban J connectivity index is 2.42. The van der Waals surface area contributed by atoms with Crippen molar-refractivity contribution in [3.63, 3.8) is 0 Å². The van der Waals surface area contributed by atoms with Gasteiger partial charge in [-0.15, -0.1) is 22.7 Å². The van der Waals surface area contributed by atoms with Gasteiger partial charge in [0.15, 0.2) is 4.80 Å². The highest BCUT2D eigenvalue weighted by atomic mass is 32.1. The molecular formula is C11H12N2OS2. The van der Waals surface area contributed by atoms with Crippen LogP contribution >= 0.6 is 22.7 Å². The van der Waals surface area contributed by atoms with Crippen molar-refractivity contribution in [3.05, 3.63) is 37.8 Å². The molecule has 0 aliphatic heterocycles. The first-order valence-electron chi connectivity index (χ1n) is 4.84. The number of hydrogen-bond donors (Lipinski definition) is 0. The van der Waals surface area contributed by atoms with Crippen molar-refractivity contribution in [2.75, 3.05) is 0 Å². The lowest BCUT2D eigenvalue weighted by Crippen LogP contribution is -2.12. The number of carbonyl (C=O) groups is 1. The Morgan fingerprint density at radius 3 is 2.69 bits per heavy atom. The number of aromatic nitrogens is 1. The second kappa shape index (κ2) is 4.35. The molecule has 0 atom stereocenters. The molecule has 5 heteroatoms. The zero-order valence-corrected chi connectivity index (χ0v) is 11.0. The van der Waals surface area contributed by atoms with Crippen molar-refractivity contribution in [2.45, 2.75) is 13.8 Å². The predicted molar refractivity (Wildman–Crippen MR) is 67.0 cm³/mol. The summed E-state index contributed by atoms with van der Waals surface area (Å²) < 4.78 is 1.84. The standard InChI is InChI=1S/C11H12N2OS2/c1-7-6-9(8(2)16-7)10(14)12-11-13(3)4-5-15-11/h4-6H,1-3H3. The zero-order valence-electron chi connectivity index (χ0n) is 9.35. The van der Waals surface area contributed by atoms with Crippen molar-refractivity contribution in [2.24, 2.45) is 12.0 Å². The second-order valence-electron chi connectivity index (χ2n) is 3.54. The Morgan fingerprint density at radius 2 is 2.19 bits per heavy atom. The first-order valence-corrected chi connectivity index (χ1v) is 6.54. The molecule has 0 saturated heterocycles. The highest BCUT2D eigenvalue weighted by Gasteiger charge is 2.10. The van der Waals surface area contributed by atoms with Crippen LogP contribution in [0.2, 0.25) is 0 Å². The van der Waals surface area contributed by atoms with Crippen LogP contribution in [-0.2, 0) is 7.05 Å². The summed E-state index contributed by atoms with van der Waals surface area (Å²) in [6.07, 6.45) is 1.89. The molecule has 1 amide bonds. The lowest BCUT2D eigenvalue weighted by molar-refractivity contribution is 0.0998. The number of thiophene rings is 1. The van der Waals surface area contributed by atoms with E-state index in [4.69, 9.17) is 0 Å². The van der Waals surface area contributed by atoms with E-state index in [2.05, 4.69) is 4.99 Å². The Morgan fingerprint density at radius 1 is 1.44 bits per heavy atom. The number of nitrogens with zero attached hydrogens (tertiary/aromatic N) is 2.